The van der Waals surface area contributed by atoms with Gasteiger partial charge < -0.3 is 10.2 Å². The van der Waals surface area contributed by atoms with Gasteiger partial charge >= 0.3 is 0 Å². The molecule has 0 aromatic carbocycles. The van der Waals surface area contributed by atoms with E-state index in [0.29, 0.717) is 6.04 Å². The fourth-order valence-corrected chi connectivity index (χ4v) is 3.10. The normalized spacial score (nSPS) is 24.6. The molecule has 16 heavy (non-hydrogen) atoms. The Balaban J connectivity index is 1.86. The molecule has 2 heterocycles. The monoisotopic (exact) mass is 239 g/mol. The van der Waals surface area contributed by atoms with Gasteiger partial charge in [0, 0.05) is 12.8 Å². The maximum atomic E-state index is 11.9. The summed E-state index contributed by atoms with van der Waals surface area (Å²) in [5.41, 5.74) is 1.08. The van der Waals surface area contributed by atoms with E-state index >= 15 is 0 Å². The van der Waals surface area contributed by atoms with Crippen molar-refractivity contribution in [1.82, 2.24) is 5.32 Å². The maximum absolute atomic E-state index is 11.9. The highest BCUT2D eigenvalue weighted by molar-refractivity contribution is 7.12. The van der Waals surface area contributed by atoms with Gasteiger partial charge in [0.05, 0.1) is 25.0 Å². The molecule has 1 fully saturated rings. The summed E-state index contributed by atoms with van der Waals surface area (Å²) < 4.78 is 0. The van der Waals surface area contributed by atoms with Crippen LogP contribution in [0.25, 0.3) is 0 Å². The predicted octanol–water partition coefficient (Wildman–Crippen LogP) is 0.463. The molecule has 1 aliphatic rings. The zero-order chi connectivity index (χ0) is 11.5. The van der Waals surface area contributed by atoms with Crippen LogP contribution in [0.1, 0.15) is 28.1 Å². The number of aryl methyl sites for hydroxylation is 1. The number of likely N-dealkylation sites (N-methyl/N-ethyl adjacent to an activating group) is 1. The molecule has 0 bridgehead atoms. The van der Waals surface area contributed by atoms with Crippen molar-refractivity contribution in [2.45, 2.75) is 25.8 Å². The van der Waals surface area contributed by atoms with E-state index in [-0.39, 0.29) is 5.91 Å². The first kappa shape index (κ1) is 11.6. The fraction of sp³-hybridized carbons (Fsp3) is 0.583. The van der Waals surface area contributed by atoms with Crippen LogP contribution >= 0.6 is 11.3 Å². The van der Waals surface area contributed by atoms with Gasteiger partial charge in [0.25, 0.3) is 5.91 Å². The molecule has 2 atom stereocenters. The summed E-state index contributed by atoms with van der Waals surface area (Å²) in [6, 6.07) is 2.59. The largest absolute Gasteiger partial charge is 0.345 e. The van der Waals surface area contributed by atoms with Crippen molar-refractivity contribution < 1.29 is 9.69 Å². The maximum Gasteiger partial charge on any atom is 0.261 e. The minimum atomic E-state index is 0.0900. The quantitative estimate of drug-likeness (QED) is 0.789. The smallest absolute Gasteiger partial charge is 0.261 e. The van der Waals surface area contributed by atoms with Gasteiger partial charge in [-0.2, -0.15) is 0 Å². The SMILES string of the molecule is Cc1ccsc1C(=O)NC[C@H]1CCC[NH+]1C. The van der Waals surface area contributed by atoms with Crippen LogP contribution in [0, 0.1) is 6.92 Å². The lowest BCUT2D eigenvalue weighted by Crippen LogP contribution is -3.11. The van der Waals surface area contributed by atoms with Crippen LogP contribution in [-0.4, -0.2) is 32.1 Å². The molecule has 1 unspecified atom stereocenters. The molecular weight excluding hydrogens is 220 g/mol. The molecule has 3 nitrogen and oxygen atoms in total. The zero-order valence-electron chi connectivity index (χ0n) is 9.88. The summed E-state index contributed by atoms with van der Waals surface area (Å²) in [4.78, 5) is 14.3. The molecular formula is C12H19N2OS+. The molecule has 4 heteroatoms. The molecule has 0 saturated carbocycles. The third kappa shape index (κ3) is 2.44. The van der Waals surface area contributed by atoms with E-state index in [1.54, 1.807) is 4.90 Å². The van der Waals surface area contributed by atoms with Crippen LogP contribution in [0.5, 0.6) is 0 Å². The van der Waals surface area contributed by atoms with E-state index in [4.69, 9.17) is 0 Å². The van der Waals surface area contributed by atoms with Gasteiger partial charge in [-0.05, 0) is 23.9 Å². The second kappa shape index (κ2) is 4.97. The highest BCUT2D eigenvalue weighted by Gasteiger charge is 2.25. The number of amides is 1. The van der Waals surface area contributed by atoms with Crippen LogP contribution in [0.4, 0.5) is 0 Å². The lowest BCUT2D eigenvalue weighted by atomic mass is 10.2. The molecule has 2 rings (SSSR count). The van der Waals surface area contributed by atoms with Gasteiger partial charge in [0.1, 0.15) is 6.04 Å². The van der Waals surface area contributed by atoms with Crippen molar-refractivity contribution in [2.24, 2.45) is 0 Å². The van der Waals surface area contributed by atoms with Gasteiger partial charge in [-0.1, -0.05) is 0 Å². The van der Waals surface area contributed by atoms with Gasteiger partial charge in [0.2, 0.25) is 0 Å². The molecule has 0 aliphatic carbocycles. The number of likely N-dealkylation sites (tertiary alicyclic amines) is 1. The minimum absolute atomic E-state index is 0.0900. The Bertz CT molecular complexity index is 375. The lowest BCUT2D eigenvalue weighted by Gasteiger charge is -2.16. The Kier molecular flexibility index (Phi) is 3.61. The van der Waals surface area contributed by atoms with E-state index < -0.39 is 0 Å². The summed E-state index contributed by atoms with van der Waals surface area (Å²) in [6.45, 7) is 4.03. The van der Waals surface area contributed by atoms with Crippen LogP contribution in [0.3, 0.4) is 0 Å². The number of carbonyl (C=O) groups excluding carboxylic acids is 1. The van der Waals surface area contributed by atoms with Gasteiger partial charge in [0.15, 0.2) is 0 Å². The summed E-state index contributed by atoms with van der Waals surface area (Å²) in [5, 5.41) is 5.02. The lowest BCUT2D eigenvalue weighted by molar-refractivity contribution is -0.890. The zero-order valence-corrected chi connectivity index (χ0v) is 10.7. The number of thiophene rings is 1. The van der Waals surface area contributed by atoms with Gasteiger partial charge in [-0.25, -0.2) is 0 Å². The first-order valence-electron chi connectivity index (χ1n) is 5.83. The Morgan fingerprint density at radius 3 is 3.06 bits per heavy atom. The van der Waals surface area contributed by atoms with E-state index in [1.807, 2.05) is 18.4 Å². The van der Waals surface area contributed by atoms with Crippen molar-refractivity contribution in [3.63, 3.8) is 0 Å². The number of hydrogen-bond donors (Lipinski definition) is 2. The Hall–Kier alpha value is -0.870. The standard InChI is InChI=1S/C12H18N2OS/c1-9-5-7-16-11(9)12(15)13-8-10-4-3-6-14(10)2/h5,7,10H,3-4,6,8H2,1-2H3,(H,13,15)/p+1/t10-/m1/s1. The summed E-state index contributed by atoms with van der Waals surface area (Å²) in [7, 11) is 2.21. The minimum Gasteiger partial charge on any atom is -0.345 e. The van der Waals surface area contributed by atoms with Crippen molar-refractivity contribution in [2.75, 3.05) is 20.1 Å². The van der Waals surface area contributed by atoms with Crippen molar-refractivity contribution >= 4 is 17.2 Å². The second-order valence-electron chi connectivity index (χ2n) is 4.58. The topological polar surface area (TPSA) is 33.5 Å². The molecule has 1 aromatic heterocycles. The molecule has 1 aliphatic heterocycles. The van der Waals surface area contributed by atoms with Crippen molar-refractivity contribution in [1.29, 1.82) is 0 Å². The van der Waals surface area contributed by atoms with E-state index in [9.17, 15) is 4.79 Å². The highest BCUT2D eigenvalue weighted by atomic mass is 32.1. The average molecular weight is 239 g/mol. The highest BCUT2D eigenvalue weighted by Crippen LogP contribution is 2.14. The Morgan fingerprint density at radius 1 is 1.69 bits per heavy atom. The van der Waals surface area contributed by atoms with Crippen LogP contribution in [0.2, 0.25) is 0 Å². The van der Waals surface area contributed by atoms with Gasteiger partial charge in [-0.3, -0.25) is 4.79 Å². The third-order valence-electron chi connectivity index (χ3n) is 3.40. The summed E-state index contributed by atoms with van der Waals surface area (Å²) in [5.74, 6) is 0.0900. The molecule has 1 aromatic rings. The van der Waals surface area contributed by atoms with Crippen LogP contribution in [0.15, 0.2) is 11.4 Å². The number of nitrogens with one attached hydrogen (secondary N) is 2. The predicted molar refractivity (Wildman–Crippen MR) is 66.2 cm³/mol. The van der Waals surface area contributed by atoms with Crippen LogP contribution in [-0.2, 0) is 0 Å². The fourth-order valence-electron chi connectivity index (χ4n) is 2.26. The molecule has 1 amide bonds. The Labute approximate surface area is 100 Å². The van der Waals surface area contributed by atoms with E-state index in [0.717, 1.165) is 17.0 Å². The van der Waals surface area contributed by atoms with Crippen molar-refractivity contribution in [3.8, 4) is 0 Å². The number of quaternary nitrogens is 1. The molecule has 1 saturated heterocycles. The molecule has 88 valence electrons. The average Bonchev–Trinajstić information content (AvgIpc) is 2.84. The summed E-state index contributed by atoms with van der Waals surface area (Å²) >= 11 is 1.52. The van der Waals surface area contributed by atoms with Crippen LogP contribution < -0.4 is 10.2 Å². The first-order chi connectivity index (χ1) is 7.68. The van der Waals surface area contributed by atoms with Crippen molar-refractivity contribution in [3.05, 3.63) is 21.9 Å². The molecule has 0 radical (unpaired) electrons. The van der Waals surface area contributed by atoms with Gasteiger partial charge in [-0.15, -0.1) is 11.3 Å². The number of hydrogen-bond acceptors (Lipinski definition) is 2. The number of rotatable bonds is 3. The molecule has 2 N–H and O–H groups in total. The molecule has 0 spiro atoms. The summed E-state index contributed by atoms with van der Waals surface area (Å²) in [6.07, 6.45) is 2.51. The second-order valence-corrected chi connectivity index (χ2v) is 5.49. The Morgan fingerprint density at radius 2 is 2.50 bits per heavy atom. The first-order valence-corrected chi connectivity index (χ1v) is 6.71. The van der Waals surface area contributed by atoms with E-state index in [1.165, 1.54) is 30.7 Å². The van der Waals surface area contributed by atoms with E-state index in [2.05, 4.69) is 12.4 Å². The number of carbonyl (C=O) groups is 1. The third-order valence-corrected chi connectivity index (χ3v) is 4.41.